The van der Waals surface area contributed by atoms with E-state index in [1.165, 1.54) is 0 Å². The molecule has 19 heavy (non-hydrogen) atoms. The number of hydrogen-bond acceptors (Lipinski definition) is 3. The number of carbonyl (C=O) groups excluding carboxylic acids is 1. The van der Waals surface area contributed by atoms with E-state index in [2.05, 4.69) is 32.0 Å². The first kappa shape index (κ1) is 13.4. The Hall–Kier alpha value is -2.03. The zero-order valence-electron chi connectivity index (χ0n) is 9.95. The van der Waals surface area contributed by atoms with E-state index in [4.69, 9.17) is 10.8 Å². The lowest BCUT2D eigenvalue weighted by Gasteiger charge is -2.18. The van der Waals surface area contributed by atoms with Crippen molar-refractivity contribution in [1.29, 1.82) is 5.26 Å². The van der Waals surface area contributed by atoms with Crippen molar-refractivity contribution in [2.75, 3.05) is 18.0 Å². The summed E-state index contributed by atoms with van der Waals surface area (Å²) >= 11 is 3.30. The average Bonchev–Trinajstić information content (AvgIpc) is 2.77. The molecule has 7 heteroatoms. The molecule has 1 unspecified atom stereocenters. The molecule has 0 bridgehead atoms. The fourth-order valence-corrected chi connectivity index (χ4v) is 2.48. The van der Waals surface area contributed by atoms with Crippen LogP contribution < -0.4 is 4.90 Å². The molecule has 1 aliphatic rings. The van der Waals surface area contributed by atoms with Crippen LogP contribution >= 0.6 is 15.9 Å². The third kappa shape index (κ3) is 2.87. The van der Waals surface area contributed by atoms with Crippen LogP contribution in [-0.2, 0) is 4.79 Å². The Kier molecular flexibility index (Phi) is 4.05. The molecule has 1 aromatic rings. The molecule has 1 heterocycles. The number of rotatable bonds is 3. The van der Waals surface area contributed by atoms with Gasteiger partial charge in [-0.25, -0.2) is 0 Å². The Morgan fingerprint density at radius 2 is 2.42 bits per heavy atom. The number of carbonyl (C=O) groups is 1. The molecule has 0 saturated carbocycles. The van der Waals surface area contributed by atoms with Crippen LogP contribution in [0.3, 0.4) is 0 Å². The number of nitrogens with zero attached hydrogens (tertiary/aromatic N) is 5. The maximum Gasteiger partial charge on any atom is 0.227 e. The molecule has 0 radical (unpaired) electrons. The van der Waals surface area contributed by atoms with E-state index < -0.39 is 0 Å². The fraction of sp³-hybridized carbons (Fsp3) is 0.333. The minimum Gasteiger partial charge on any atom is -0.311 e. The van der Waals surface area contributed by atoms with E-state index in [1.807, 2.05) is 0 Å². The maximum absolute atomic E-state index is 12.0. The van der Waals surface area contributed by atoms with Gasteiger partial charge in [0.05, 0.1) is 11.3 Å². The van der Waals surface area contributed by atoms with Crippen molar-refractivity contribution in [2.45, 2.75) is 6.42 Å². The summed E-state index contributed by atoms with van der Waals surface area (Å²) in [7, 11) is 0. The van der Waals surface area contributed by atoms with Gasteiger partial charge in [-0.05, 0) is 29.6 Å². The second-order valence-corrected chi connectivity index (χ2v) is 5.18. The van der Waals surface area contributed by atoms with E-state index in [0.717, 1.165) is 4.47 Å². The van der Waals surface area contributed by atoms with Gasteiger partial charge < -0.3 is 4.90 Å². The van der Waals surface area contributed by atoms with Gasteiger partial charge in [0.25, 0.3) is 0 Å². The van der Waals surface area contributed by atoms with Crippen LogP contribution in [0, 0.1) is 17.2 Å². The number of benzene rings is 1. The lowest BCUT2D eigenvalue weighted by Crippen LogP contribution is -2.25. The second-order valence-electron chi connectivity index (χ2n) is 4.26. The number of nitriles is 1. The third-order valence-electron chi connectivity index (χ3n) is 2.98. The molecule has 0 N–H and O–H groups in total. The minimum atomic E-state index is -0.0445. The molecule has 0 aromatic heterocycles. The molecule has 1 fully saturated rings. The van der Waals surface area contributed by atoms with Gasteiger partial charge in [0.2, 0.25) is 5.91 Å². The number of azide groups is 1. The maximum atomic E-state index is 12.0. The highest BCUT2D eigenvalue weighted by molar-refractivity contribution is 9.10. The highest BCUT2D eigenvalue weighted by Crippen LogP contribution is 2.29. The Balaban J connectivity index is 2.26. The first-order chi connectivity index (χ1) is 9.15. The van der Waals surface area contributed by atoms with E-state index in [9.17, 15) is 4.79 Å². The van der Waals surface area contributed by atoms with Crippen LogP contribution in [0.1, 0.15) is 12.0 Å². The van der Waals surface area contributed by atoms with E-state index in [0.29, 0.717) is 30.8 Å². The highest BCUT2D eigenvalue weighted by Gasteiger charge is 2.31. The quantitative estimate of drug-likeness (QED) is 0.486. The van der Waals surface area contributed by atoms with Crippen LogP contribution in [0.5, 0.6) is 0 Å². The van der Waals surface area contributed by atoms with Crippen LogP contribution in [0.4, 0.5) is 5.69 Å². The summed E-state index contributed by atoms with van der Waals surface area (Å²) in [5, 5.41) is 12.6. The van der Waals surface area contributed by atoms with Crippen molar-refractivity contribution in [3.8, 4) is 6.07 Å². The van der Waals surface area contributed by atoms with Crippen LogP contribution in [0.2, 0.25) is 0 Å². The van der Waals surface area contributed by atoms with Gasteiger partial charge in [-0.15, -0.1) is 0 Å². The molecular weight excluding hydrogens is 310 g/mol. The lowest BCUT2D eigenvalue weighted by molar-refractivity contribution is -0.117. The van der Waals surface area contributed by atoms with Crippen molar-refractivity contribution in [3.05, 3.63) is 38.7 Å². The predicted octanol–water partition coefficient (Wildman–Crippen LogP) is 2.98. The molecule has 0 aliphatic carbocycles. The number of hydrogen-bond donors (Lipinski definition) is 0. The second kappa shape index (κ2) is 5.74. The summed E-state index contributed by atoms with van der Waals surface area (Å²) in [5.74, 6) is -0.0319. The first-order valence-electron chi connectivity index (χ1n) is 5.66. The summed E-state index contributed by atoms with van der Waals surface area (Å²) in [6.07, 6.45) is 0.347. The molecule has 0 spiro atoms. The molecule has 6 nitrogen and oxygen atoms in total. The highest BCUT2D eigenvalue weighted by atomic mass is 79.9. The van der Waals surface area contributed by atoms with E-state index >= 15 is 0 Å². The van der Waals surface area contributed by atoms with Crippen molar-refractivity contribution in [3.63, 3.8) is 0 Å². The largest absolute Gasteiger partial charge is 0.311 e. The van der Waals surface area contributed by atoms with Gasteiger partial charge >= 0.3 is 0 Å². The number of anilines is 1. The minimum absolute atomic E-state index is 0.0126. The standard InChI is InChI=1S/C12H10BrN5O/c13-10-1-2-11(9(4-10)5-14)18-7-8(3-12(18)19)6-16-17-15/h1-2,4,8H,3,6-7H2. The molecule has 96 valence electrons. The van der Waals surface area contributed by atoms with Gasteiger partial charge in [0.15, 0.2) is 0 Å². The summed E-state index contributed by atoms with van der Waals surface area (Å²) < 4.78 is 0.796. The van der Waals surface area contributed by atoms with Crippen molar-refractivity contribution in [1.82, 2.24) is 0 Å². The number of halogens is 1. The van der Waals surface area contributed by atoms with E-state index in [-0.39, 0.29) is 11.8 Å². The molecule has 1 atom stereocenters. The lowest BCUT2D eigenvalue weighted by atomic mass is 10.1. The Labute approximate surface area is 118 Å². The zero-order chi connectivity index (χ0) is 13.8. The van der Waals surface area contributed by atoms with Crippen molar-refractivity contribution in [2.24, 2.45) is 11.0 Å². The van der Waals surface area contributed by atoms with Crippen LogP contribution in [-0.4, -0.2) is 19.0 Å². The van der Waals surface area contributed by atoms with Gasteiger partial charge in [0.1, 0.15) is 6.07 Å². The number of amides is 1. The van der Waals surface area contributed by atoms with Gasteiger partial charge in [0, 0.05) is 28.9 Å². The van der Waals surface area contributed by atoms with E-state index in [1.54, 1.807) is 23.1 Å². The average molecular weight is 320 g/mol. The third-order valence-corrected chi connectivity index (χ3v) is 3.47. The van der Waals surface area contributed by atoms with Crippen LogP contribution in [0.15, 0.2) is 27.8 Å². The van der Waals surface area contributed by atoms with Crippen molar-refractivity contribution < 1.29 is 4.79 Å². The monoisotopic (exact) mass is 319 g/mol. The molecule has 1 amide bonds. The summed E-state index contributed by atoms with van der Waals surface area (Å²) in [6, 6.07) is 7.31. The summed E-state index contributed by atoms with van der Waals surface area (Å²) in [6.45, 7) is 0.783. The molecular formula is C12H10BrN5O. The molecule has 1 aromatic carbocycles. The Morgan fingerprint density at radius 1 is 1.63 bits per heavy atom. The topological polar surface area (TPSA) is 92.9 Å². The summed E-state index contributed by atoms with van der Waals surface area (Å²) in [5.41, 5.74) is 9.36. The normalized spacial score (nSPS) is 18.0. The van der Waals surface area contributed by atoms with Gasteiger partial charge in [-0.1, -0.05) is 21.0 Å². The van der Waals surface area contributed by atoms with Gasteiger partial charge in [-0.3, -0.25) is 4.79 Å². The molecule has 2 rings (SSSR count). The van der Waals surface area contributed by atoms with Crippen molar-refractivity contribution >= 4 is 27.5 Å². The zero-order valence-corrected chi connectivity index (χ0v) is 11.5. The Morgan fingerprint density at radius 3 is 3.11 bits per heavy atom. The molecule has 1 saturated heterocycles. The first-order valence-corrected chi connectivity index (χ1v) is 6.46. The smallest absolute Gasteiger partial charge is 0.227 e. The fourth-order valence-electron chi connectivity index (χ4n) is 2.12. The Bertz CT molecular complexity index is 603. The predicted molar refractivity (Wildman–Crippen MR) is 73.3 cm³/mol. The SMILES string of the molecule is N#Cc1cc(Br)ccc1N1CC(CN=[N+]=[N-])CC1=O. The van der Waals surface area contributed by atoms with Gasteiger partial charge in [-0.2, -0.15) is 5.26 Å². The molecule has 1 aliphatic heterocycles. The van der Waals surface area contributed by atoms with Crippen LogP contribution in [0.25, 0.3) is 10.4 Å². The summed E-state index contributed by atoms with van der Waals surface area (Å²) in [4.78, 5) is 16.3.